The van der Waals surface area contributed by atoms with Crippen LogP contribution >= 0.6 is 0 Å². The molecule has 104 valence electrons. The molecule has 0 saturated carbocycles. The molecule has 0 unspecified atom stereocenters. The molecule has 0 bridgehead atoms. The van der Waals surface area contributed by atoms with Crippen LogP contribution in [0.25, 0.3) is 0 Å². The standard InChI is InChI=1S/C11H18N6O2/c1-7-4-3-5-16(6-7)10-8(17(18)19)9(12)14-11(13-2)15-10/h7H,3-6H2,1-2H3,(H3,12,13,14,15)/t7-/m0/s1. The van der Waals surface area contributed by atoms with Crippen molar-refractivity contribution in [3.63, 3.8) is 0 Å². The molecule has 19 heavy (non-hydrogen) atoms. The predicted molar refractivity (Wildman–Crippen MR) is 73.3 cm³/mol. The van der Waals surface area contributed by atoms with Crippen molar-refractivity contribution >= 4 is 23.3 Å². The van der Waals surface area contributed by atoms with Gasteiger partial charge >= 0.3 is 5.69 Å². The topological polar surface area (TPSA) is 110 Å². The summed E-state index contributed by atoms with van der Waals surface area (Å²) in [7, 11) is 1.66. The Balaban J connectivity index is 2.46. The highest BCUT2D eigenvalue weighted by Gasteiger charge is 2.29. The first-order valence-corrected chi connectivity index (χ1v) is 6.27. The molecular weight excluding hydrogens is 248 g/mol. The summed E-state index contributed by atoms with van der Waals surface area (Å²) >= 11 is 0. The highest BCUT2D eigenvalue weighted by molar-refractivity contribution is 5.71. The minimum absolute atomic E-state index is 0.0995. The van der Waals surface area contributed by atoms with E-state index in [9.17, 15) is 10.1 Å². The van der Waals surface area contributed by atoms with Crippen LogP contribution < -0.4 is 16.0 Å². The van der Waals surface area contributed by atoms with Crippen molar-refractivity contribution < 1.29 is 4.92 Å². The zero-order chi connectivity index (χ0) is 14.0. The summed E-state index contributed by atoms with van der Waals surface area (Å²) in [5.74, 6) is 1.00. The van der Waals surface area contributed by atoms with E-state index in [4.69, 9.17) is 5.73 Å². The van der Waals surface area contributed by atoms with Crippen LogP contribution in [0.3, 0.4) is 0 Å². The lowest BCUT2D eigenvalue weighted by Crippen LogP contribution is -2.35. The van der Waals surface area contributed by atoms with Gasteiger partial charge in [0.05, 0.1) is 4.92 Å². The maximum atomic E-state index is 11.2. The summed E-state index contributed by atoms with van der Waals surface area (Å²) in [4.78, 5) is 20.7. The van der Waals surface area contributed by atoms with Gasteiger partial charge in [0.1, 0.15) is 0 Å². The number of aromatic nitrogens is 2. The Morgan fingerprint density at radius 2 is 2.26 bits per heavy atom. The molecule has 1 aliphatic heterocycles. The number of nitrogens with two attached hydrogens (primary N) is 1. The normalized spacial score (nSPS) is 19.3. The zero-order valence-electron chi connectivity index (χ0n) is 11.1. The average Bonchev–Trinajstić information content (AvgIpc) is 2.37. The molecule has 0 radical (unpaired) electrons. The molecular formula is C11H18N6O2. The van der Waals surface area contributed by atoms with Crippen LogP contribution in [0.5, 0.6) is 0 Å². The minimum atomic E-state index is -0.511. The molecule has 3 N–H and O–H groups in total. The van der Waals surface area contributed by atoms with Crippen LogP contribution in [-0.2, 0) is 0 Å². The predicted octanol–water partition coefficient (Wildman–Crippen LogP) is 1.24. The first-order chi connectivity index (χ1) is 9.02. The number of piperidine rings is 1. The number of anilines is 3. The van der Waals surface area contributed by atoms with E-state index in [1.165, 1.54) is 0 Å². The fraction of sp³-hybridized carbons (Fsp3) is 0.636. The van der Waals surface area contributed by atoms with Crippen LogP contribution in [0.4, 0.5) is 23.3 Å². The summed E-state index contributed by atoms with van der Waals surface area (Å²) < 4.78 is 0. The van der Waals surface area contributed by atoms with Crippen molar-refractivity contribution in [1.82, 2.24) is 9.97 Å². The summed E-state index contributed by atoms with van der Waals surface area (Å²) in [5.41, 5.74) is 5.48. The van der Waals surface area contributed by atoms with E-state index in [1.807, 2.05) is 4.90 Å². The van der Waals surface area contributed by atoms with E-state index in [-0.39, 0.29) is 11.5 Å². The lowest BCUT2D eigenvalue weighted by Gasteiger charge is -2.31. The number of nitrogens with zero attached hydrogens (tertiary/aromatic N) is 4. The van der Waals surface area contributed by atoms with E-state index in [0.29, 0.717) is 17.7 Å². The molecule has 8 heteroatoms. The van der Waals surface area contributed by atoms with Crippen molar-refractivity contribution in [1.29, 1.82) is 0 Å². The SMILES string of the molecule is CNc1nc(N)c([N+](=O)[O-])c(N2CCC[C@H](C)C2)n1. The largest absolute Gasteiger partial charge is 0.378 e. The number of hydrogen-bond donors (Lipinski definition) is 2. The van der Waals surface area contributed by atoms with Crippen LogP contribution in [0, 0.1) is 16.0 Å². The van der Waals surface area contributed by atoms with Gasteiger partial charge in [0.15, 0.2) is 0 Å². The number of nitro groups is 1. The number of hydrogen-bond acceptors (Lipinski definition) is 7. The second-order valence-corrected chi connectivity index (χ2v) is 4.81. The van der Waals surface area contributed by atoms with E-state index in [2.05, 4.69) is 22.2 Å². The number of nitrogen functional groups attached to an aromatic ring is 1. The maximum absolute atomic E-state index is 11.2. The smallest absolute Gasteiger partial charge is 0.353 e. The number of rotatable bonds is 3. The molecule has 0 amide bonds. The second-order valence-electron chi connectivity index (χ2n) is 4.81. The summed E-state index contributed by atoms with van der Waals surface area (Å²) in [6, 6.07) is 0. The molecule has 2 heterocycles. The molecule has 0 spiro atoms. The van der Waals surface area contributed by atoms with Crippen molar-refractivity contribution in [3.05, 3.63) is 10.1 Å². The maximum Gasteiger partial charge on any atom is 0.353 e. The molecule has 0 aliphatic carbocycles. The van der Waals surface area contributed by atoms with Gasteiger partial charge in [-0.1, -0.05) is 6.92 Å². The monoisotopic (exact) mass is 266 g/mol. The summed E-state index contributed by atoms with van der Waals surface area (Å²) in [6.45, 7) is 3.63. The van der Waals surface area contributed by atoms with E-state index >= 15 is 0 Å². The molecule has 2 rings (SSSR count). The van der Waals surface area contributed by atoms with E-state index in [1.54, 1.807) is 7.05 Å². The minimum Gasteiger partial charge on any atom is -0.378 e. The van der Waals surface area contributed by atoms with Gasteiger partial charge < -0.3 is 16.0 Å². The Morgan fingerprint density at radius 3 is 2.84 bits per heavy atom. The van der Waals surface area contributed by atoms with Gasteiger partial charge in [-0.15, -0.1) is 0 Å². The molecule has 1 aromatic heterocycles. The zero-order valence-corrected chi connectivity index (χ0v) is 11.1. The molecule has 1 fully saturated rings. The Kier molecular flexibility index (Phi) is 3.68. The fourth-order valence-electron chi connectivity index (χ4n) is 2.35. The van der Waals surface area contributed by atoms with Crippen LogP contribution in [0.2, 0.25) is 0 Å². The highest BCUT2D eigenvalue weighted by atomic mass is 16.6. The van der Waals surface area contributed by atoms with E-state index < -0.39 is 4.92 Å². The van der Waals surface area contributed by atoms with E-state index in [0.717, 1.165) is 25.9 Å². The molecule has 1 atom stereocenters. The first kappa shape index (κ1) is 13.3. The van der Waals surface area contributed by atoms with Crippen molar-refractivity contribution in [3.8, 4) is 0 Å². The van der Waals surface area contributed by atoms with Crippen molar-refractivity contribution in [2.75, 3.05) is 36.1 Å². The Hall–Kier alpha value is -2.12. The Labute approximate surface area is 111 Å². The third kappa shape index (κ3) is 2.67. The van der Waals surface area contributed by atoms with Crippen LogP contribution in [-0.4, -0.2) is 35.0 Å². The van der Waals surface area contributed by atoms with Gasteiger partial charge in [0.2, 0.25) is 17.6 Å². The molecule has 8 nitrogen and oxygen atoms in total. The summed E-state index contributed by atoms with van der Waals surface area (Å²) in [5, 5.41) is 13.9. The lowest BCUT2D eigenvalue weighted by atomic mass is 10.0. The molecule has 0 aromatic carbocycles. The Morgan fingerprint density at radius 1 is 1.53 bits per heavy atom. The van der Waals surface area contributed by atoms with Crippen LogP contribution in [0.1, 0.15) is 19.8 Å². The van der Waals surface area contributed by atoms with Crippen molar-refractivity contribution in [2.24, 2.45) is 5.92 Å². The third-order valence-electron chi connectivity index (χ3n) is 3.26. The van der Waals surface area contributed by atoms with Gasteiger partial charge in [0.25, 0.3) is 0 Å². The van der Waals surface area contributed by atoms with Gasteiger partial charge in [-0.3, -0.25) is 10.1 Å². The van der Waals surface area contributed by atoms with Gasteiger partial charge in [0, 0.05) is 20.1 Å². The molecule has 1 aliphatic rings. The molecule has 1 aromatic rings. The van der Waals surface area contributed by atoms with Crippen molar-refractivity contribution in [2.45, 2.75) is 19.8 Å². The molecule has 1 saturated heterocycles. The summed E-state index contributed by atoms with van der Waals surface area (Å²) in [6.07, 6.45) is 2.13. The van der Waals surface area contributed by atoms with Gasteiger partial charge in [-0.05, 0) is 18.8 Å². The van der Waals surface area contributed by atoms with Gasteiger partial charge in [-0.2, -0.15) is 9.97 Å². The Bertz CT molecular complexity index is 492. The number of nitrogens with one attached hydrogen (secondary N) is 1. The second kappa shape index (κ2) is 5.25. The average molecular weight is 266 g/mol. The highest BCUT2D eigenvalue weighted by Crippen LogP contribution is 2.34. The fourth-order valence-corrected chi connectivity index (χ4v) is 2.35. The van der Waals surface area contributed by atoms with Crippen LogP contribution in [0.15, 0.2) is 0 Å². The third-order valence-corrected chi connectivity index (χ3v) is 3.26. The first-order valence-electron chi connectivity index (χ1n) is 6.27. The van der Waals surface area contributed by atoms with Gasteiger partial charge in [-0.25, -0.2) is 0 Å². The lowest BCUT2D eigenvalue weighted by molar-refractivity contribution is -0.383. The quantitative estimate of drug-likeness (QED) is 0.625.